The van der Waals surface area contributed by atoms with Crippen molar-refractivity contribution in [2.75, 3.05) is 0 Å². The summed E-state index contributed by atoms with van der Waals surface area (Å²) in [4.78, 5) is 23.6. The zero-order chi connectivity index (χ0) is 20.5. The lowest BCUT2D eigenvalue weighted by Crippen LogP contribution is -2.21. The lowest BCUT2D eigenvalue weighted by atomic mass is 9.98. The SMILES string of the molecule is CCCCCCCCCC(O)=C(C(=O)O)C(=O)CC(O)CCCCCCC. The van der Waals surface area contributed by atoms with Gasteiger partial charge < -0.3 is 15.3 Å². The van der Waals surface area contributed by atoms with Crippen molar-refractivity contribution in [2.45, 2.75) is 116 Å². The van der Waals surface area contributed by atoms with Crippen LogP contribution in [0.5, 0.6) is 0 Å². The summed E-state index contributed by atoms with van der Waals surface area (Å²) in [5, 5.41) is 29.3. The van der Waals surface area contributed by atoms with Crippen LogP contribution in [0, 0.1) is 0 Å². The molecule has 0 bridgehead atoms. The van der Waals surface area contributed by atoms with Crippen molar-refractivity contribution in [1.29, 1.82) is 0 Å². The second kappa shape index (κ2) is 16.8. The Bertz CT molecular complexity index is 442. The quantitative estimate of drug-likeness (QED) is 0.0925. The van der Waals surface area contributed by atoms with Crippen LogP contribution in [0.2, 0.25) is 0 Å². The van der Waals surface area contributed by atoms with Gasteiger partial charge >= 0.3 is 5.97 Å². The molecule has 1 unspecified atom stereocenters. The molecular formula is C22H40O5. The summed E-state index contributed by atoms with van der Waals surface area (Å²) in [7, 11) is 0. The summed E-state index contributed by atoms with van der Waals surface area (Å²) in [6.45, 7) is 4.29. The maximum Gasteiger partial charge on any atom is 0.342 e. The molecule has 0 aliphatic heterocycles. The molecule has 5 nitrogen and oxygen atoms in total. The molecule has 158 valence electrons. The maximum atomic E-state index is 12.2. The molecule has 0 fully saturated rings. The van der Waals surface area contributed by atoms with E-state index in [1.165, 1.54) is 19.3 Å². The number of carboxylic acid groups (broad SMARTS) is 1. The average Bonchev–Trinajstić information content (AvgIpc) is 2.60. The average molecular weight is 385 g/mol. The summed E-state index contributed by atoms with van der Waals surface area (Å²) >= 11 is 0. The van der Waals surface area contributed by atoms with Crippen molar-refractivity contribution >= 4 is 11.8 Å². The predicted molar refractivity (Wildman–Crippen MR) is 109 cm³/mol. The Kier molecular flexibility index (Phi) is 15.9. The first-order valence-electron chi connectivity index (χ1n) is 10.8. The van der Waals surface area contributed by atoms with Crippen molar-refractivity contribution in [2.24, 2.45) is 0 Å². The van der Waals surface area contributed by atoms with Crippen molar-refractivity contribution in [3.63, 3.8) is 0 Å². The van der Waals surface area contributed by atoms with Crippen molar-refractivity contribution in [1.82, 2.24) is 0 Å². The summed E-state index contributed by atoms with van der Waals surface area (Å²) in [5.41, 5.74) is -0.550. The van der Waals surface area contributed by atoms with Gasteiger partial charge in [-0.25, -0.2) is 4.79 Å². The summed E-state index contributed by atoms with van der Waals surface area (Å²) in [5.74, 6) is -2.43. The van der Waals surface area contributed by atoms with Crippen LogP contribution >= 0.6 is 0 Å². The highest BCUT2D eigenvalue weighted by Gasteiger charge is 2.24. The fraction of sp³-hybridized carbons (Fsp3) is 0.818. The first-order valence-corrected chi connectivity index (χ1v) is 10.8. The molecule has 0 saturated heterocycles. The molecule has 0 rings (SSSR count). The Morgan fingerprint density at radius 3 is 1.74 bits per heavy atom. The molecule has 0 aromatic rings. The Morgan fingerprint density at radius 1 is 0.741 bits per heavy atom. The zero-order valence-corrected chi connectivity index (χ0v) is 17.3. The Labute approximate surface area is 164 Å². The zero-order valence-electron chi connectivity index (χ0n) is 17.3. The van der Waals surface area contributed by atoms with Gasteiger partial charge in [-0.3, -0.25) is 4.79 Å². The number of aliphatic hydroxyl groups excluding tert-OH is 2. The minimum absolute atomic E-state index is 0.203. The van der Waals surface area contributed by atoms with Gasteiger partial charge in [-0.05, 0) is 12.8 Å². The molecule has 3 N–H and O–H groups in total. The lowest BCUT2D eigenvalue weighted by Gasteiger charge is -2.11. The smallest absolute Gasteiger partial charge is 0.342 e. The standard InChI is InChI=1S/C22H40O5/c1-3-5-7-9-10-12-14-16-19(24)21(22(26)27)20(25)17-18(23)15-13-11-8-6-4-2/h18,23-24H,3-17H2,1-2H3,(H,26,27). The first-order chi connectivity index (χ1) is 12.9. The van der Waals surface area contributed by atoms with E-state index in [9.17, 15) is 24.9 Å². The van der Waals surface area contributed by atoms with Crippen LogP contribution in [0.4, 0.5) is 0 Å². The van der Waals surface area contributed by atoms with E-state index in [4.69, 9.17) is 0 Å². The minimum atomic E-state index is -1.41. The molecule has 0 aromatic heterocycles. The van der Waals surface area contributed by atoms with Crippen molar-refractivity contribution in [3.8, 4) is 0 Å². The number of rotatable bonds is 18. The van der Waals surface area contributed by atoms with Gasteiger partial charge in [0.05, 0.1) is 6.10 Å². The maximum absolute atomic E-state index is 12.2. The molecule has 0 aliphatic carbocycles. The van der Waals surface area contributed by atoms with E-state index >= 15 is 0 Å². The van der Waals surface area contributed by atoms with E-state index in [0.29, 0.717) is 12.8 Å². The fourth-order valence-corrected chi connectivity index (χ4v) is 3.18. The van der Waals surface area contributed by atoms with Gasteiger partial charge in [0.25, 0.3) is 0 Å². The number of allylic oxidation sites excluding steroid dienone is 1. The summed E-state index contributed by atoms with van der Waals surface area (Å²) < 4.78 is 0. The molecule has 1 atom stereocenters. The van der Waals surface area contributed by atoms with E-state index < -0.39 is 23.4 Å². The fourth-order valence-electron chi connectivity index (χ4n) is 3.18. The van der Waals surface area contributed by atoms with Crippen LogP contribution in [0.25, 0.3) is 0 Å². The van der Waals surface area contributed by atoms with Gasteiger partial charge in [0.15, 0.2) is 5.78 Å². The predicted octanol–water partition coefficient (Wildman–Crippen LogP) is 5.70. The van der Waals surface area contributed by atoms with Crippen LogP contribution < -0.4 is 0 Å². The van der Waals surface area contributed by atoms with Crippen LogP contribution in [-0.4, -0.2) is 33.2 Å². The molecular weight excluding hydrogens is 344 g/mol. The van der Waals surface area contributed by atoms with Crippen LogP contribution in [0.15, 0.2) is 11.3 Å². The molecule has 0 spiro atoms. The number of carboxylic acids is 1. The molecule has 0 aromatic carbocycles. The number of Topliss-reactive ketones (excluding diaryl/α,β-unsaturated/α-hetero) is 1. The number of aliphatic carboxylic acids is 1. The summed E-state index contributed by atoms with van der Waals surface area (Å²) in [6.07, 6.45) is 12.2. The molecule has 0 amide bonds. The van der Waals surface area contributed by atoms with Gasteiger partial charge in [-0.1, -0.05) is 84.5 Å². The highest BCUT2D eigenvalue weighted by molar-refractivity contribution is 6.17. The molecule has 5 heteroatoms. The number of carbonyl (C=O) groups is 2. The van der Waals surface area contributed by atoms with Gasteiger partial charge in [-0.15, -0.1) is 0 Å². The Morgan fingerprint density at radius 2 is 1.22 bits per heavy atom. The largest absolute Gasteiger partial charge is 0.511 e. The molecule has 0 heterocycles. The topological polar surface area (TPSA) is 94.8 Å². The second-order valence-corrected chi connectivity index (χ2v) is 7.48. The number of hydrogen-bond donors (Lipinski definition) is 3. The number of unbranched alkanes of at least 4 members (excludes halogenated alkanes) is 10. The number of carbonyl (C=O) groups excluding carboxylic acids is 1. The summed E-state index contributed by atoms with van der Waals surface area (Å²) in [6, 6.07) is 0. The highest BCUT2D eigenvalue weighted by Crippen LogP contribution is 2.17. The minimum Gasteiger partial charge on any atom is -0.511 e. The Hall–Kier alpha value is -1.36. The lowest BCUT2D eigenvalue weighted by molar-refractivity contribution is -0.135. The van der Waals surface area contributed by atoms with Crippen LogP contribution in [0.3, 0.4) is 0 Å². The third-order valence-corrected chi connectivity index (χ3v) is 4.86. The highest BCUT2D eigenvalue weighted by atomic mass is 16.4. The van der Waals surface area contributed by atoms with Gasteiger partial charge in [0.1, 0.15) is 11.3 Å². The molecule has 0 aliphatic rings. The number of ketones is 1. The third-order valence-electron chi connectivity index (χ3n) is 4.86. The molecule has 0 radical (unpaired) electrons. The van der Waals surface area contributed by atoms with Gasteiger partial charge in [-0.2, -0.15) is 0 Å². The van der Waals surface area contributed by atoms with E-state index in [-0.39, 0.29) is 18.6 Å². The van der Waals surface area contributed by atoms with Gasteiger partial charge in [0, 0.05) is 12.8 Å². The molecule has 0 saturated carbocycles. The van der Waals surface area contributed by atoms with Crippen LogP contribution in [-0.2, 0) is 9.59 Å². The van der Waals surface area contributed by atoms with Gasteiger partial charge in [0.2, 0.25) is 0 Å². The first kappa shape index (κ1) is 25.6. The Balaban J connectivity index is 4.33. The van der Waals surface area contributed by atoms with Crippen molar-refractivity contribution < 1.29 is 24.9 Å². The number of hydrogen-bond acceptors (Lipinski definition) is 4. The number of aliphatic hydroxyl groups is 2. The molecule has 27 heavy (non-hydrogen) atoms. The normalized spacial score (nSPS) is 13.3. The van der Waals surface area contributed by atoms with E-state index in [0.717, 1.165) is 51.4 Å². The van der Waals surface area contributed by atoms with E-state index in [1.807, 2.05) is 0 Å². The van der Waals surface area contributed by atoms with Crippen LogP contribution in [0.1, 0.15) is 110 Å². The van der Waals surface area contributed by atoms with Crippen molar-refractivity contribution in [3.05, 3.63) is 11.3 Å². The monoisotopic (exact) mass is 384 g/mol. The third kappa shape index (κ3) is 13.5. The van der Waals surface area contributed by atoms with E-state index in [2.05, 4.69) is 13.8 Å². The van der Waals surface area contributed by atoms with E-state index in [1.54, 1.807) is 0 Å². The second-order valence-electron chi connectivity index (χ2n) is 7.48.